The van der Waals surface area contributed by atoms with E-state index in [0.717, 1.165) is 0 Å². The highest BCUT2D eigenvalue weighted by atomic mass is 16.5. The molecule has 0 atom stereocenters. The molecule has 0 aliphatic carbocycles. The topological polar surface area (TPSA) is 52.6 Å². The Labute approximate surface area is 232 Å². The SMILES string of the molecule is CCC[N+](CCC)(CCC)CCC.CCC[N+](CCC)(CCC)CCC.CCOC(=O)CC(=O)OCC. The average Bonchev–Trinajstić information content (AvgIpc) is 2.82. The summed E-state index contributed by atoms with van der Waals surface area (Å²) in [4.78, 5) is 21.2. The highest BCUT2D eigenvalue weighted by Gasteiger charge is 2.23. The molecule has 0 spiro atoms. The van der Waals surface area contributed by atoms with Crippen LogP contribution in [0.2, 0.25) is 0 Å². The summed E-state index contributed by atoms with van der Waals surface area (Å²) in [5.41, 5.74) is 0. The Morgan fingerprint density at radius 2 is 0.595 bits per heavy atom. The molecule has 0 N–H and O–H groups in total. The third-order valence-electron chi connectivity index (χ3n) is 6.48. The number of esters is 2. The van der Waals surface area contributed by atoms with E-state index in [1.807, 2.05) is 0 Å². The van der Waals surface area contributed by atoms with Gasteiger partial charge >= 0.3 is 11.9 Å². The van der Waals surface area contributed by atoms with Gasteiger partial charge in [0.25, 0.3) is 0 Å². The molecule has 0 heterocycles. The summed E-state index contributed by atoms with van der Waals surface area (Å²) in [7, 11) is 0. The molecule has 0 radical (unpaired) electrons. The van der Waals surface area contributed by atoms with Crippen molar-refractivity contribution in [3.63, 3.8) is 0 Å². The van der Waals surface area contributed by atoms with Crippen molar-refractivity contribution >= 4 is 11.9 Å². The molecule has 0 unspecified atom stereocenters. The number of carbonyl (C=O) groups excluding carboxylic acids is 2. The van der Waals surface area contributed by atoms with Gasteiger partial charge in [0.1, 0.15) is 6.42 Å². The normalized spacial score (nSPS) is 11.1. The molecule has 37 heavy (non-hydrogen) atoms. The Morgan fingerprint density at radius 1 is 0.405 bits per heavy atom. The monoisotopic (exact) mass is 533 g/mol. The predicted molar refractivity (Wildman–Crippen MR) is 160 cm³/mol. The van der Waals surface area contributed by atoms with E-state index in [0.29, 0.717) is 0 Å². The smallest absolute Gasteiger partial charge is 0.317 e. The average molecular weight is 533 g/mol. The van der Waals surface area contributed by atoms with Crippen LogP contribution in [0.5, 0.6) is 0 Å². The number of carbonyl (C=O) groups is 2. The zero-order valence-electron chi connectivity index (χ0n) is 27.0. The van der Waals surface area contributed by atoms with E-state index in [-0.39, 0.29) is 19.6 Å². The Morgan fingerprint density at radius 3 is 0.730 bits per heavy atom. The molecule has 0 rings (SSSR count). The molecular formula is C31H68N2O4+2. The maximum absolute atomic E-state index is 10.6. The van der Waals surface area contributed by atoms with Gasteiger partial charge in [-0.2, -0.15) is 0 Å². The fraction of sp³-hybridized carbons (Fsp3) is 0.935. The van der Waals surface area contributed by atoms with Crippen LogP contribution in [-0.4, -0.2) is 86.5 Å². The van der Waals surface area contributed by atoms with Gasteiger partial charge in [-0.05, 0) is 65.2 Å². The number of nitrogens with zero attached hydrogens (tertiary/aromatic N) is 2. The van der Waals surface area contributed by atoms with E-state index >= 15 is 0 Å². The van der Waals surface area contributed by atoms with Crippen LogP contribution in [-0.2, 0) is 19.1 Å². The lowest BCUT2D eigenvalue weighted by Crippen LogP contribution is -2.50. The van der Waals surface area contributed by atoms with Crippen molar-refractivity contribution in [3.05, 3.63) is 0 Å². The van der Waals surface area contributed by atoms with Gasteiger partial charge in [-0.25, -0.2) is 0 Å². The van der Waals surface area contributed by atoms with Crippen LogP contribution in [0, 0.1) is 0 Å². The van der Waals surface area contributed by atoms with Crippen molar-refractivity contribution in [1.29, 1.82) is 0 Å². The van der Waals surface area contributed by atoms with Gasteiger partial charge < -0.3 is 18.4 Å². The highest BCUT2D eigenvalue weighted by molar-refractivity contribution is 5.91. The molecule has 224 valence electrons. The van der Waals surface area contributed by atoms with E-state index in [1.165, 1.54) is 113 Å². The van der Waals surface area contributed by atoms with Gasteiger partial charge in [0.2, 0.25) is 0 Å². The van der Waals surface area contributed by atoms with Crippen LogP contribution in [0.3, 0.4) is 0 Å². The molecule has 6 heteroatoms. The van der Waals surface area contributed by atoms with Crippen molar-refractivity contribution in [2.24, 2.45) is 0 Å². The van der Waals surface area contributed by atoms with E-state index in [4.69, 9.17) is 0 Å². The Kier molecular flexibility index (Phi) is 30.4. The van der Waals surface area contributed by atoms with Gasteiger partial charge in [-0.1, -0.05) is 55.4 Å². The maximum atomic E-state index is 10.6. The molecule has 0 amide bonds. The molecule has 0 aromatic carbocycles. The summed E-state index contributed by atoms with van der Waals surface area (Å²) in [6.07, 6.45) is 10.4. The standard InChI is InChI=1S/2C12H28N.C7H12O4/c2*1-5-9-13(10-6-2,11-7-3)12-8-4;1-3-10-6(8)5-7(9)11-4-2/h2*5-12H2,1-4H3;3-5H2,1-2H3/q2*+1;. The molecule has 0 aliphatic heterocycles. The van der Waals surface area contributed by atoms with Crippen LogP contribution in [0.4, 0.5) is 0 Å². The van der Waals surface area contributed by atoms with Crippen LogP contribution in [0.25, 0.3) is 0 Å². The number of rotatable bonds is 20. The third-order valence-corrected chi connectivity index (χ3v) is 6.48. The zero-order valence-corrected chi connectivity index (χ0v) is 27.0. The van der Waals surface area contributed by atoms with Crippen LogP contribution in [0.15, 0.2) is 0 Å². The summed E-state index contributed by atoms with van der Waals surface area (Å²) in [5.74, 6) is -1.07. The lowest BCUT2D eigenvalue weighted by atomic mass is 10.2. The summed E-state index contributed by atoms with van der Waals surface area (Å²) in [6, 6.07) is 0. The van der Waals surface area contributed by atoms with Crippen molar-refractivity contribution < 1.29 is 28.0 Å². The van der Waals surface area contributed by atoms with E-state index in [1.54, 1.807) is 13.8 Å². The molecule has 0 aromatic heterocycles. The first-order chi connectivity index (χ1) is 17.7. The first kappa shape index (κ1) is 40.4. The molecule has 0 aromatic rings. The van der Waals surface area contributed by atoms with Crippen molar-refractivity contribution in [1.82, 2.24) is 0 Å². The minimum absolute atomic E-state index is 0.290. The summed E-state index contributed by atoms with van der Waals surface area (Å²) < 4.78 is 11.8. The summed E-state index contributed by atoms with van der Waals surface area (Å²) >= 11 is 0. The molecule has 6 nitrogen and oxygen atoms in total. The lowest BCUT2D eigenvalue weighted by molar-refractivity contribution is -0.928. The largest absolute Gasteiger partial charge is 0.466 e. The summed E-state index contributed by atoms with van der Waals surface area (Å²) in [5, 5.41) is 0. The Bertz CT molecular complexity index is 408. The van der Waals surface area contributed by atoms with Gasteiger partial charge in [0.05, 0.1) is 65.6 Å². The number of hydrogen-bond acceptors (Lipinski definition) is 4. The lowest BCUT2D eigenvalue weighted by Gasteiger charge is -2.38. The second kappa shape index (κ2) is 27.9. The second-order valence-corrected chi connectivity index (χ2v) is 10.3. The zero-order chi connectivity index (χ0) is 29.0. The van der Waals surface area contributed by atoms with Gasteiger partial charge in [-0.15, -0.1) is 0 Å². The fourth-order valence-corrected chi connectivity index (χ4v) is 5.68. The number of hydrogen-bond donors (Lipinski definition) is 0. The minimum atomic E-state index is -0.536. The predicted octanol–water partition coefficient (Wildman–Crippen LogP) is 7.39. The van der Waals surface area contributed by atoms with Gasteiger partial charge in [0.15, 0.2) is 0 Å². The molecule has 0 bridgehead atoms. The summed E-state index contributed by atoms with van der Waals surface area (Å²) in [6.45, 7) is 33.5. The van der Waals surface area contributed by atoms with Gasteiger partial charge in [-0.3, -0.25) is 9.59 Å². The quantitative estimate of drug-likeness (QED) is 0.0932. The molecule has 0 fully saturated rings. The van der Waals surface area contributed by atoms with Crippen molar-refractivity contribution in [2.75, 3.05) is 65.6 Å². The molecule has 0 saturated carbocycles. The Hall–Kier alpha value is -1.14. The van der Waals surface area contributed by atoms with Crippen molar-refractivity contribution in [2.45, 2.75) is 127 Å². The number of quaternary nitrogens is 2. The highest BCUT2D eigenvalue weighted by Crippen LogP contribution is 2.13. The Balaban J connectivity index is -0.000000471. The van der Waals surface area contributed by atoms with E-state index in [2.05, 4.69) is 64.9 Å². The minimum Gasteiger partial charge on any atom is -0.466 e. The third kappa shape index (κ3) is 22.5. The van der Waals surface area contributed by atoms with E-state index < -0.39 is 11.9 Å². The molecule has 0 saturated heterocycles. The maximum Gasteiger partial charge on any atom is 0.317 e. The van der Waals surface area contributed by atoms with Crippen LogP contribution in [0.1, 0.15) is 127 Å². The molecular weight excluding hydrogens is 464 g/mol. The number of ether oxygens (including phenoxy) is 2. The second-order valence-electron chi connectivity index (χ2n) is 10.3. The first-order valence-corrected chi connectivity index (χ1v) is 15.7. The van der Waals surface area contributed by atoms with Crippen molar-refractivity contribution in [3.8, 4) is 0 Å². The van der Waals surface area contributed by atoms with Crippen LogP contribution < -0.4 is 0 Å². The fourth-order valence-electron chi connectivity index (χ4n) is 5.68. The first-order valence-electron chi connectivity index (χ1n) is 15.7. The van der Waals surface area contributed by atoms with Gasteiger partial charge in [0, 0.05) is 0 Å². The van der Waals surface area contributed by atoms with E-state index in [9.17, 15) is 9.59 Å². The molecule has 0 aliphatic rings. The van der Waals surface area contributed by atoms with Crippen LogP contribution >= 0.6 is 0 Å².